The topological polar surface area (TPSA) is 12.9 Å². The molecular formula is C40H79NS3. The summed E-state index contributed by atoms with van der Waals surface area (Å²) in [7, 11) is 0. The van der Waals surface area contributed by atoms with E-state index in [0.29, 0.717) is 0 Å². The summed E-state index contributed by atoms with van der Waals surface area (Å²) in [6, 6.07) is 8.72. The SMILES string of the molecule is C.C.C.C.C.CC.CCCC.Cc1cc(C)c(C)s1.Cc1ccc(C)c(C)c1.Cc1csc(C)c1C.Cc1nc(C)c(C)s1.[2HH]. The first kappa shape index (κ1) is 57.9. The highest BCUT2D eigenvalue weighted by molar-refractivity contribution is 7.12. The van der Waals surface area contributed by atoms with Gasteiger partial charge in [-0.3, -0.25) is 0 Å². The predicted octanol–water partition coefficient (Wildman–Crippen LogP) is 16.3. The zero-order chi connectivity index (χ0) is 30.7. The van der Waals surface area contributed by atoms with Crippen molar-refractivity contribution in [3.05, 3.63) is 93.2 Å². The molecule has 262 valence electrons. The van der Waals surface area contributed by atoms with Crippen molar-refractivity contribution in [1.82, 2.24) is 4.98 Å². The second-order valence-electron chi connectivity index (χ2n) is 9.66. The third-order valence-corrected chi connectivity index (χ3v) is 9.31. The molecule has 1 nitrogen and oxygen atoms in total. The van der Waals surface area contributed by atoms with Gasteiger partial charge in [0.1, 0.15) is 0 Å². The Kier molecular flexibility index (Phi) is 42.9. The number of benzene rings is 1. The molecule has 0 N–H and O–H groups in total. The lowest BCUT2D eigenvalue weighted by atomic mass is 10.1. The Morgan fingerprint density at radius 3 is 1.23 bits per heavy atom. The summed E-state index contributed by atoms with van der Waals surface area (Å²) in [4.78, 5) is 9.88. The van der Waals surface area contributed by atoms with E-state index in [1.54, 1.807) is 11.3 Å². The Morgan fingerprint density at radius 2 is 1.07 bits per heavy atom. The number of nitrogens with zero attached hydrogens (tertiary/aromatic N) is 1. The van der Waals surface area contributed by atoms with E-state index in [4.69, 9.17) is 0 Å². The third kappa shape index (κ3) is 25.6. The van der Waals surface area contributed by atoms with E-state index in [0.717, 1.165) is 0 Å². The molecule has 44 heavy (non-hydrogen) atoms. The summed E-state index contributed by atoms with van der Waals surface area (Å²) in [5.41, 5.74) is 9.58. The fourth-order valence-electron chi connectivity index (χ4n) is 2.91. The predicted molar refractivity (Wildman–Crippen MR) is 222 cm³/mol. The van der Waals surface area contributed by atoms with Gasteiger partial charge in [0.05, 0.1) is 10.7 Å². The first-order chi connectivity index (χ1) is 18.2. The average Bonchev–Trinajstić information content (AvgIpc) is 3.48. The molecule has 3 aromatic heterocycles. The first-order valence-electron chi connectivity index (χ1n) is 14.2. The van der Waals surface area contributed by atoms with Gasteiger partial charge in [-0.1, -0.05) is 101 Å². The van der Waals surface area contributed by atoms with Crippen molar-refractivity contribution in [3.8, 4) is 0 Å². The van der Waals surface area contributed by atoms with Gasteiger partial charge in [-0.2, -0.15) is 0 Å². The number of hydrogen-bond acceptors (Lipinski definition) is 4. The van der Waals surface area contributed by atoms with Gasteiger partial charge in [0, 0.05) is 20.9 Å². The normalized spacial score (nSPS) is 8.18. The maximum absolute atomic E-state index is 4.23. The van der Waals surface area contributed by atoms with Crippen LogP contribution in [0.3, 0.4) is 0 Å². The molecule has 0 fully saturated rings. The Labute approximate surface area is 293 Å². The molecule has 4 heteroatoms. The van der Waals surface area contributed by atoms with Crippen LogP contribution in [0.4, 0.5) is 0 Å². The van der Waals surface area contributed by atoms with Gasteiger partial charge >= 0.3 is 0 Å². The Hall–Kier alpha value is -1.75. The molecule has 0 aliphatic carbocycles. The van der Waals surface area contributed by atoms with Crippen LogP contribution in [-0.4, -0.2) is 4.98 Å². The fourth-order valence-corrected chi connectivity index (χ4v) is 5.54. The van der Waals surface area contributed by atoms with Gasteiger partial charge in [0.2, 0.25) is 0 Å². The van der Waals surface area contributed by atoms with Gasteiger partial charge in [0.15, 0.2) is 0 Å². The molecular weight excluding hydrogens is 591 g/mol. The van der Waals surface area contributed by atoms with Crippen molar-refractivity contribution in [2.24, 2.45) is 0 Å². The summed E-state index contributed by atoms with van der Waals surface area (Å²) >= 11 is 5.46. The lowest BCUT2D eigenvalue weighted by molar-refractivity contribution is 0.886. The third-order valence-electron chi connectivity index (χ3n) is 6.12. The molecule has 0 atom stereocenters. The van der Waals surface area contributed by atoms with Gasteiger partial charge in [0.25, 0.3) is 0 Å². The highest BCUT2D eigenvalue weighted by Crippen LogP contribution is 2.19. The number of unbranched alkanes of at least 4 members (excludes halogenated alkanes) is 1. The summed E-state index contributed by atoms with van der Waals surface area (Å²) in [5, 5.41) is 3.37. The molecule has 0 amide bonds. The van der Waals surface area contributed by atoms with Crippen LogP contribution in [0.1, 0.15) is 143 Å². The van der Waals surface area contributed by atoms with E-state index >= 15 is 0 Å². The van der Waals surface area contributed by atoms with E-state index < -0.39 is 0 Å². The van der Waals surface area contributed by atoms with Crippen molar-refractivity contribution >= 4 is 34.0 Å². The molecule has 0 spiro atoms. The second kappa shape index (κ2) is 32.6. The molecule has 4 rings (SSSR count). The number of rotatable bonds is 1. The molecule has 4 aromatic rings. The molecule has 0 aliphatic rings. The summed E-state index contributed by atoms with van der Waals surface area (Å²) < 4.78 is 0. The zero-order valence-corrected chi connectivity index (χ0v) is 30.4. The smallest absolute Gasteiger partial charge is 0.0899 e. The van der Waals surface area contributed by atoms with Crippen molar-refractivity contribution in [2.45, 2.75) is 161 Å². The van der Waals surface area contributed by atoms with E-state index in [-0.39, 0.29) is 38.6 Å². The lowest BCUT2D eigenvalue weighted by Crippen LogP contribution is -1.79. The highest BCUT2D eigenvalue weighted by Gasteiger charge is 1.96. The maximum Gasteiger partial charge on any atom is 0.0899 e. The largest absolute Gasteiger partial charge is 0.247 e. The number of thiazole rings is 1. The first-order valence-corrected chi connectivity index (χ1v) is 16.7. The monoisotopic (exact) mass is 671 g/mol. The minimum atomic E-state index is 0. The number of aromatic nitrogens is 1. The van der Waals surface area contributed by atoms with E-state index in [9.17, 15) is 0 Å². The van der Waals surface area contributed by atoms with Crippen molar-refractivity contribution in [1.29, 1.82) is 0 Å². The highest BCUT2D eigenvalue weighted by atomic mass is 32.1. The average molecular weight is 671 g/mol. The van der Waals surface area contributed by atoms with Crippen molar-refractivity contribution in [3.63, 3.8) is 0 Å². The van der Waals surface area contributed by atoms with E-state index in [1.807, 2.05) is 50.4 Å². The quantitative estimate of drug-likeness (QED) is 0.196. The molecule has 0 aliphatic heterocycles. The molecule has 0 saturated heterocycles. The van der Waals surface area contributed by atoms with Gasteiger partial charge in [-0.15, -0.1) is 34.0 Å². The zero-order valence-electron chi connectivity index (χ0n) is 28.0. The standard InChI is InChI=1S/C9H12.2C7H10S.C6H9NS.C4H10.C2H6.5CH4.H2/c1-7-4-5-8(2)9(3)6-7;1-5-4-8-7(3)6(5)2;1-5-4-6(2)8-7(5)3;1-4-5(2)8-6(3)7-4;1-3-4-2;1-2;;;;;;/h4-6H,1-3H3;2*4H,1-3H3;1-3H3;3-4H2,1-2H3;1-2H3;5*1H4;1H/i;;;;;;;;;;;1+1. The molecule has 0 radical (unpaired) electrons. The molecule has 0 bridgehead atoms. The number of aryl methyl sites for hydroxylation is 11. The molecule has 0 saturated carbocycles. The minimum absolute atomic E-state index is 0. The van der Waals surface area contributed by atoms with Crippen LogP contribution in [0.15, 0.2) is 29.6 Å². The van der Waals surface area contributed by atoms with Crippen LogP contribution in [0.5, 0.6) is 0 Å². The van der Waals surface area contributed by atoms with Crippen LogP contribution in [0, 0.1) is 83.1 Å². The van der Waals surface area contributed by atoms with Gasteiger partial charge < -0.3 is 0 Å². The van der Waals surface area contributed by atoms with Crippen molar-refractivity contribution < 1.29 is 1.43 Å². The fraction of sp³-hybridized carbons (Fsp3) is 0.575. The van der Waals surface area contributed by atoms with Crippen LogP contribution in [0.2, 0.25) is 0 Å². The Morgan fingerprint density at radius 1 is 0.568 bits per heavy atom. The Balaban J connectivity index is -0.0000000614. The molecule has 0 unspecified atom stereocenters. The van der Waals surface area contributed by atoms with Crippen LogP contribution >= 0.6 is 34.0 Å². The van der Waals surface area contributed by atoms with Crippen LogP contribution in [-0.2, 0) is 0 Å². The number of thiophene rings is 2. The maximum atomic E-state index is 4.23. The van der Waals surface area contributed by atoms with Gasteiger partial charge in [-0.25, -0.2) is 4.98 Å². The van der Waals surface area contributed by atoms with Crippen molar-refractivity contribution in [2.75, 3.05) is 0 Å². The summed E-state index contributed by atoms with van der Waals surface area (Å²) in [6.45, 7) is 33.9. The Bertz CT molecular complexity index is 1080. The summed E-state index contributed by atoms with van der Waals surface area (Å²) in [6.07, 6.45) is 2.64. The van der Waals surface area contributed by atoms with Crippen LogP contribution in [0.25, 0.3) is 0 Å². The van der Waals surface area contributed by atoms with Crippen LogP contribution < -0.4 is 0 Å². The van der Waals surface area contributed by atoms with E-state index in [2.05, 4.69) is 118 Å². The lowest BCUT2D eigenvalue weighted by Gasteiger charge is -1.98. The number of hydrogen-bond donors (Lipinski definition) is 0. The van der Waals surface area contributed by atoms with E-state index in [1.165, 1.54) is 76.4 Å². The molecule has 3 heterocycles. The second-order valence-corrected chi connectivity index (χ2v) is 13.6. The minimum Gasteiger partial charge on any atom is -0.247 e. The van der Waals surface area contributed by atoms with Gasteiger partial charge in [-0.05, 0) is 122 Å². The molecule has 1 aromatic carbocycles. The summed E-state index contributed by atoms with van der Waals surface area (Å²) in [5.74, 6) is 0.